The molecule has 0 N–H and O–H groups in total. The molecule has 41 heavy (non-hydrogen) atoms. The molecule has 0 amide bonds. The van der Waals surface area contributed by atoms with E-state index in [2.05, 4.69) is 150 Å². The minimum Gasteiger partial charge on any atom is -0.366 e. The quantitative estimate of drug-likeness (QED) is 0.159. The third-order valence-electron chi connectivity index (χ3n) is 10.3. The molecule has 1 nitrogen and oxygen atoms in total. The number of benzene rings is 5. The van der Waals surface area contributed by atoms with Crippen LogP contribution in [0.1, 0.15) is 79.7 Å². The van der Waals surface area contributed by atoms with Gasteiger partial charge in [0, 0.05) is 17.8 Å². The standard InChI is InChI=1S/C40H47N/c1-8-39(6,9-2)31-25-21-29(22-26-31)37-33-17-13-15-19-35(33)38(36-20-16-14-18-34(36)37)30-23-27-32(28-24-30)41(12-5)40(7,10-3)11-4/h13-28H,8-12H2,1-7H3. The van der Waals surface area contributed by atoms with Crippen molar-refractivity contribution in [2.24, 2.45) is 0 Å². The van der Waals surface area contributed by atoms with Crippen LogP contribution in [0.3, 0.4) is 0 Å². The number of anilines is 1. The molecule has 0 saturated carbocycles. The molecule has 0 radical (unpaired) electrons. The van der Waals surface area contributed by atoms with Gasteiger partial charge in [0.2, 0.25) is 0 Å². The Balaban J connectivity index is 1.69. The van der Waals surface area contributed by atoms with Crippen LogP contribution in [0.4, 0.5) is 5.69 Å². The molecule has 5 aromatic carbocycles. The van der Waals surface area contributed by atoms with Gasteiger partial charge in [0.05, 0.1) is 0 Å². The largest absolute Gasteiger partial charge is 0.366 e. The van der Waals surface area contributed by atoms with Crippen molar-refractivity contribution in [1.29, 1.82) is 0 Å². The molecule has 0 heterocycles. The SMILES string of the molecule is CCN(c1ccc(-c2c3ccccc3c(-c3ccc(C(C)(CC)CC)cc3)c3ccccc23)cc1)C(C)(CC)CC. The van der Waals surface area contributed by atoms with E-state index >= 15 is 0 Å². The van der Waals surface area contributed by atoms with Gasteiger partial charge in [0.25, 0.3) is 0 Å². The number of rotatable bonds is 10. The van der Waals surface area contributed by atoms with E-state index in [-0.39, 0.29) is 11.0 Å². The lowest BCUT2D eigenvalue weighted by molar-refractivity contribution is 0.398. The Labute approximate surface area is 248 Å². The van der Waals surface area contributed by atoms with Crippen LogP contribution in [0, 0.1) is 0 Å². The molecule has 0 bridgehead atoms. The molecule has 0 atom stereocenters. The van der Waals surface area contributed by atoms with Crippen LogP contribution in [-0.2, 0) is 5.41 Å². The first-order valence-corrected chi connectivity index (χ1v) is 15.8. The minimum absolute atomic E-state index is 0.165. The number of hydrogen-bond acceptors (Lipinski definition) is 1. The highest BCUT2D eigenvalue weighted by molar-refractivity contribution is 6.21. The van der Waals surface area contributed by atoms with Crippen molar-refractivity contribution < 1.29 is 0 Å². The molecular weight excluding hydrogens is 494 g/mol. The van der Waals surface area contributed by atoms with E-state index in [1.54, 1.807) is 0 Å². The first-order chi connectivity index (χ1) is 19.8. The van der Waals surface area contributed by atoms with Gasteiger partial charge in [-0.15, -0.1) is 0 Å². The van der Waals surface area contributed by atoms with E-state index in [0.29, 0.717) is 0 Å². The van der Waals surface area contributed by atoms with Crippen molar-refractivity contribution in [1.82, 2.24) is 0 Å². The average molecular weight is 542 g/mol. The maximum absolute atomic E-state index is 2.57. The molecule has 0 saturated heterocycles. The molecule has 0 aliphatic rings. The summed E-state index contributed by atoms with van der Waals surface area (Å²) in [4.78, 5) is 2.57. The fourth-order valence-corrected chi connectivity index (χ4v) is 6.76. The Kier molecular flexibility index (Phi) is 8.28. The van der Waals surface area contributed by atoms with Crippen molar-refractivity contribution in [3.05, 3.63) is 103 Å². The van der Waals surface area contributed by atoms with Crippen molar-refractivity contribution in [2.75, 3.05) is 11.4 Å². The van der Waals surface area contributed by atoms with Crippen LogP contribution in [0.15, 0.2) is 97.1 Å². The topological polar surface area (TPSA) is 3.24 Å². The Bertz CT molecular complexity index is 1560. The molecule has 212 valence electrons. The zero-order valence-corrected chi connectivity index (χ0v) is 26.2. The molecule has 0 spiro atoms. The summed E-state index contributed by atoms with van der Waals surface area (Å²) in [7, 11) is 0. The Morgan fingerprint density at radius 1 is 0.488 bits per heavy atom. The normalized spacial score (nSPS) is 12.3. The molecule has 0 fully saturated rings. The Hall–Kier alpha value is -3.58. The van der Waals surface area contributed by atoms with Crippen LogP contribution < -0.4 is 4.90 Å². The molecule has 0 aliphatic carbocycles. The van der Waals surface area contributed by atoms with E-state index in [1.807, 2.05) is 0 Å². The summed E-state index contributed by atoms with van der Waals surface area (Å²) in [6.45, 7) is 17.3. The smallest absolute Gasteiger partial charge is 0.0371 e. The van der Waals surface area contributed by atoms with Gasteiger partial charge >= 0.3 is 0 Å². The van der Waals surface area contributed by atoms with Gasteiger partial charge in [-0.1, -0.05) is 120 Å². The number of fused-ring (bicyclic) bond motifs is 2. The first-order valence-electron chi connectivity index (χ1n) is 15.8. The molecule has 0 unspecified atom stereocenters. The average Bonchev–Trinajstić information content (AvgIpc) is 3.04. The number of hydrogen-bond donors (Lipinski definition) is 0. The van der Waals surface area contributed by atoms with Gasteiger partial charge in [-0.25, -0.2) is 0 Å². The highest BCUT2D eigenvalue weighted by atomic mass is 15.2. The van der Waals surface area contributed by atoms with E-state index in [4.69, 9.17) is 0 Å². The van der Waals surface area contributed by atoms with E-state index in [9.17, 15) is 0 Å². The van der Waals surface area contributed by atoms with Gasteiger partial charge < -0.3 is 4.90 Å². The lowest BCUT2D eigenvalue weighted by Gasteiger charge is -2.42. The Morgan fingerprint density at radius 3 is 1.22 bits per heavy atom. The van der Waals surface area contributed by atoms with Crippen LogP contribution >= 0.6 is 0 Å². The number of nitrogens with zero attached hydrogens (tertiary/aromatic N) is 1. The first kappa shape index (κ1) is 28.9. The molecule has 5 aromatic rings. The molecule has 1 heteroatoms. The summed E-state index contributed by atoms with van der Waals surface area (Å²) in [5.41, 5.74) is 8.33. The van der Waals surface area contributed by atoms with Gasteiger partial charge in [-0.05, 0) is 106 Å². The highest BCUT2D eigenvalue weighted by Crippen LogP contribution is 2.44. The van der Waals surface area contributed by atoms with E-state index in [1.165, 1.54) is 55.0 Å². The zero-order chi connectivity index (χ0) is 29.2. The van der Waals surface area contributed by atoms with Crippen LogP contribution in [0.2, 0.25) is 0 Å². The van der Waals surface area contributed by atoms with Gasteiger partial charge in [0.1, 0.15) is 0 Å². The second-order valence-corrected chi connectivity index (χ2v) is 12.2. The predicted molar refractivity (Wildman–Crippen MR) is 182 cm³/mol. The minimum atomic E-state index is 0.165. The summed E-state index contributed by atoms with van der Waals surface area (Å²) in [5, 5.41) is 5.24. The molecular formula is C40H47N. The summed E-state index contributed by atoms with van der Waals surface area (Å²) < 4.78 is 0. The van der Waals surface area contributed by atoms with Crippen molar-refractivity contribution in [3.8, 4) is 22.3 Å². The monoisotopic (exact) mass is 541 g/mol. The maximum Gasteiger partial charge on any atom is 0.0371 e. The van der Waals surface area contributed by atoms with E-state index < -0.39 is 0 Å². The van der Waals surface area contributed by atoms with Crippen molar-refractivity contribution in [3.63, 3.8) is 0 Å². The van der Waals surface area contributed by atoms with Gasteiger partial charge in [0.15, 0.2) is 0 Å². The Morgan fingerprint density at radius 2 is 0.878 bits per heavy atom. The highest BCUT2D eigenvalue weighted by Gasteiger charge is 2.27. The summed E-state index contributed by atoms with van der Waals surface area (Å²) in [6, 6.07) is 36.7. The molecule has 5 rings (SSSR count). The second-order valence-electron chi connectivity index (χ2n) is 12.2. The van der Waals surface area contributed by atoms with Crippen molar-refractivity contribution >= 4 is 27.2 Å². The summed E-state index contributed by atoms with van der Waals surface area (Å²) in [6.07, 6.45) is 4.56. The van der Waals surface area contributed by atoms with Crippen LogP contribution in [-0.4, -0.2) is 12.1 Å². The van der Waals surface area contributed by atoms with Gasteiger partial charge in [-0.3, -0.25) is 0 Å². The lowest BCUT2D eigenvalue weighted by atomic mass is 9.77. The van der Waals surface area contributed by atoms with Gasteiger partial charge in [-0.2, -0.15) is 0 Å². The summed E-state index contributed by atoms with van der Waals surface area (Å²) >= 11 is 0. The van der Waals surface area contributed by atoms with Crippen LogP contribution in [0.25, 0.3) is 43.8 Å². The summed E-state index contributed by atoms with van der Waals surface area (Å²) in [5.74, 6) is 0. The lowest BCUT2D eigenvalue weighted by Crippen LogP contribution is -2.45. The third-order valence-corrected chi connectivity index (χ3v) is 10.3. The van der Waals surface area contributed by atoms with Crippen LogP contribution in [0.5, 0.6) is 0 Å². The maximum atomic E-state index is 2.57. The second kappa shape index (κ2) is 11.7. The van der Waals surface area contributed by atoms with Crippen molar-refractivity contribution in [2.45, 2.75) is 85.1 Å². The van der Waals surface area contributed by atoms with E-state index in [0.717, 1.165) is 32.2 Å². The molecule has 0 aliphatic heterocycles. The molecule has 0 aromatic heterocycles. The fraction of sp³-hybridized carbons (Fsp3) is 0.350. The zero-order valence-electron chi connectivity index (χ0n) is 26.2. The fourth-order valence-electron chi connectivity index (χ4n) is 6.76. The predicted octanol–water partition coefficient (Wildman–Crippen LogP) is 11.8. The third kappa shape index (κ3) is 5.05.